The van der Waals surface area contributed by atoms with Crippen molar-refractivity contribution in [1.82, 2.24) is 5.32 Å². The summed E-state index contributed by atoms with van der Waals surface area (Å²) in [4.78, 5) is 13.5. The Morgan fingerprint density at radius 1 is 1.45 bits per heavy atom. The first-order chi connectivity index (χ1) is 9.55. The molecule has 1 aromatic carbocycles. The minimum Gasteiger partial charge on any atom is -0.373 e. The summed E-state index contributed by atoms with van der Waals surface area (Å²) in [6.07, 6.45) is 2.68. The number of likely N-dealkylation sites (N-methyl/N-ethyl adjacent to an activating group) is 2. The topological polar surface area (TPSA) is 41.6 Å². The molecule has 2 atom stereocenters. The molecule has 0 radical (unpaired) electrons. The molecule has 0 aliphatic carbocycles. The summed E-state index contributed by atoms with van der Waals surface area (Å²) in [5.41, 5.74) is 3.21. The van der Waals surface area contributed by atoms with E-state index in [1.54, 1.807) is 4.90 Å². The smallest absolute Gasteiger partial charge is 0.231 e. The maximum atomic E-state index is 11.8. The Morgan fingerprint density at radius 2 is 2.25 bits per heavy atom. The van der Waals surface area contributed by atoms with Crippen molar-refractivity contribution in [1.29, 1.82) is 0 Å². The van der Waals surface area contributed by atoms with Crippen LogP contribution in [0.5, 0.6) is 0 Å². The minimum absolute atomic E-state index is 0.155. The Kier molecular flexibility index (Phi) is 3.30. The predicted octanol–water partition coefficient (Wildman–Crippen LogP) is 2.04. The van der Waals surface area contributed by atoms with Gasteiger partial charge in [0.15, 0.2) is 0 Å². The van der Waals surface area contributed by atoms with Crippen LogP contribution in [0.1, 0.15) is 36.9 Å². The van der Waals surface area contributed by atoms with Gasteiger partial charge >= 0.3 is 0 Å². The third-order valence-electron chi connectivity index (χ3n) is 4.66. The number of hydrogen-bond acceptors (Lipinski definition) is 3. The number of fused-ring (bicyclic) bond motifs is 1. The van der Waals surface area contributed by atoms with Crippen molar-refractivity contribution in [3.05, 3.63) is 29.3 Å². The van der Waals surface area contributed by atoms with Gasteiger partial charge in [-0.3, -0.25) is 4.79 Å². The van der Waals surface area contributed by atoms with Crippen molar-refractivity contribution >= 4 is 11.6 Å². The molecule has 2 unspecified atom stereocenters. The van der Waals surface area contributed by atoms with E-state index in [4.69, 9.17) is 4.74 Å². The summed E-state index contributed by atoms with van der Waals surface area (Å²) in [7, 11) is 3.81. The van der Waals surface area contributed by atoms with Crippen molar-refractivity contribution in [2.75, 3.05) is 25.6 Å². The molecule has 1 N–H and O–H groups in total. The van der Waals surface area contributed by atoms with Gasteiger partial charge in [-0.1, -0.05) is 12.1 Å². The maximum absolute atomic E-state index is 11.8. The molecule has 0 bridgehead atoms. The molecule has 1 amide bonds. The average molecular weight is 274 g/mol. The van der Waals surface area contributed by atoms with Crippen LogP contribution in [0.2, 0.25) is 0 Å². The molecule has 2 heterocycles. The lowest BCUT2D eigenvalue weighted by Crippen LogP contribution is -2.39. The number of ether oxygens (including phenoxy) is 1. The van der Waals surface area contributed by atoms with E-state index in [1.165, 1.54) is 5.56 Å². The lowest BCUT2D eigenvalue weighted by molar-refractivity contribution is -0.117. The number of carbonyl (C=O) groups excluding carboxylic acids is 1. The summed E-state index contributed by atoms with van der Waals surface area (Å²) in [6, 6.07) is 6.49. The van der Waals surface area contributed by atoms with Crippen LogP contribution in [-0.2, 0) is 16.0 Å². The number of nitrogens with one attached hydrogen (secondary N) is 1. The molecule has 108 valence electrons. The lowest BCUT2D eigenvalue weighted by Gasteiger charge is -2.33. The molecule has 4 heteroatoms. The first-order valence-corrected chi connectivity index (χ1v) is 7.26. The van der Waals surface area contributed by atoms with E-state index in [9.17, 15) is 4.79 Å². The van der Waals surface area contributed by atoms with Crippen LogP contribution in [0.15, 0.2) is 18.2 Å². The van der Waals surface area contributed by atoms with E-state index in [2.05, 4.69) is 30.4 Å². The Morgan fingerprint density at radius 3 is 2.90 bits per heavy atom. The van der Waals surface area contributed by atoms with Gasteiger partial charge in [0, 0.05) is 19.3 Å². The van der Waals surface area contributed by atoms with Gasteiger partial charge < -0.3 is 15.0 Å². The summed E-state index contributed by atoms with van der Waals surface area (Å²) >= 11 is 0. The van der Waals surface area contributed by atoms with Gasteiger partial charge in [-0.25, -0.2) is 0 Å². The molecular weight excluding hydrogens is 252 g/mol. The number of nitrogens with zero attached hydrogens (tertiary/aromatic N) is 1. The number of rotatable bonds is 3. The highest BCUT2D eigenvalue weighted by atomic mass is 16.5. The average Bonchev–Trinajstić information content (AvgIpc) is 2.97. The molecule has 2 aliphatic heterocycles. The van der Waals surface area contributed by atoms with Crippen LogP contribution in [0.3, 0.4) is 0 Å². The number of anilines is 1. The zero-order valence-electron chi connectivity index (χ0n) is 12.4. The van der Waals surface area contributed by atoms with Crippen LogP contribution in [-0.4, -0.2) is 32.2 Å². The van der Waals surface area contributed by atoms with E-state index in [1.807, 2.05) is 14.1 Å². The molecule has 2 aliphatic rings. The van der Waals surface area contributed by atoms with E-state index in [0.29, 0.717) is 6.42 Å². The van der Waals surface area contributed by atoms with Gasteiger partial charge in [0.25, 0.3) is 0 Å². The second-order valence-corrected chi connectivity index (χ2v) is 6.00. The Balaban J connectivity index is 1.94. The molecule has 1 aromatic rings. The molecule has 0 spiro atoms. The highest BCUT2D eigenvalue weighted by Gasteiger charge is 2.39. The Labute approximate surface area is 120 Å². The van der Waals surface area contributed by atoms with Crippen LogP contribution in [0, 0.1) is 0 Å². The van der Waals surface area contributed by atoms with Gasteiger partial charge in [0.05, 0.1) is 18.1 Å². The van der Waals surface area contributed by atoms with Crippen LogP contribution < -0.4 is 10.2 Å². The largest absolute Gasteiger partial charge is 0.373 e. The molecule has 3 rings (SSSR count). The fraction of sp³-hybridized carbons (Fsp3) is 0.562. The number of carbonyl (C=O) groups is 1. The summed E-state index contributed by atoms with van der Waals surface area (Å²) < 4.78 is 5.97. The lowest BCUT2D eigenvalue weighted by atomic mass is 9.87. The van der Waals surface area contributed by atoms with Gasteiger partial charge in [-0.15, -0.1) is 0 Å². The number of benzene rings is 1. The molecule has 0 saturated carbocycles. The van der Waals surface area contributed by atoms with Crippen LogP contribution >= 0.6 is 0 Å². The maximum Gasteiger partial charge on any atom is 0.231 e. The van der Waals surface area contributed by atoms with Gasteiger partial charge in [-0.2, -0.15) is 0 Å². The van der Waals surface area contributed by atoms with E-state index >= 15 is 0 Å². The Bertz CT molecular complexity index is 535. The molecule has 1 saturated heterocycles. The van der Waals surface area contributed by atoms with E-state index in [0.717, 1.165) is 30.7 Å². The SMILES string of the molecule is CNC(c1ccc2c(c1)CC(=O)N2C)C1(C)CCCO1. The molecule has 0 aromatic heterocycles. The molecule has 20 heavy (non-hydrogen) atoms. The second-order valence-electron chi connectivity index (χ2n) is 6.00. The molecule has 1 fully saturated rings. The van der Waals surface area contributed by atoms with E-state index < -0.39 is 0 Å². The number of hydrogen-bond donors (Lipinski definition) is 1. The quantitative estimate of drug-likeness (QED) is 0.917. The monoisotopic (exact) mass is 274 g/mol. The van der Waals surface area contributed by atoms with Crippen molar-refractivity contribution in [3.63, 3.8) is 0 Å². The first kappa shape index (κ1) is 13.6. The van der Waals surface area contributed by atoms with Crippen LogP contribution in [0.4, 0.5) is 5.69 Å². The standard InChI is InChI=1S/C16H22N2O2/c1-16(7-4-8-20-16)15(17-2)11-5-6-13-12(9-11)10-14(19)18(13)3/h5-6,9,15,17H,4,7-8,10H2,1-3H3. The molecule has 4 nitrogen and oxygen atoms in total. The molecular formula is C16H22N2O2. The highest BCUT2D eigenvalue weighted by Crippen LogP contribution is 2.39. The van der Waals surface area contributed by atoms with Gasteiger partial charge in [0.2, 0.25) is 5.91 Å². The van der Waals surface area contributed by atoms with Crippen LogP contribution in [0.25, 0.3) is 0 Å². The summed E-state index contributed by atoms with van der Waals surface area (Å²) in [5.74, 6) is 0.168. The zero-order valence-corrected chi connectivity index (χ0v) is 12.4. The zero-order chi connectivity index (χ0) is 14.3. The fourth-order valence-corrected chi connectivity index (χ4v) is 3.52. The highest BCUT2D eigenvalue weighted by molar-refractivity contribution is 6.00. The van der Waals surface area contributed by atoms with Gasteiger partial charge in [0.1, 0.15) is 0 Å². The number of amides is 1. The fourth-order valence-electron chi connectivity index (χ4n) is 3.52. The normalized spacial score (nSPS) is 26.9. The second kappa shape index (κ2) is 4.86. The van der Waals surface area contributed by atoms with E-state index in [-0.39, 0.29) is 17.6 Å². The summed E-state index contributed by atoms with van der Waals surface area (Å²) in [6.45, 7) is 3.01. The predicted molar refractivity (Wildman–Crippen MR) is 78.9 cm³/mol. The van der Waals surface area contributed by atoms with Crippen molar-refractivity contribution in [3.8, 4) is 0 Å². The van der Waals surface area contributed by atoms with Crippen molar-refractivity contribution in [2.24, 2.45) is 0 Å². The third-order valence-corrected chi connectivity index (χ3v) is 4.66. The van der Waals surface area contributed by atoms with Gasteiger partial charge in [-0.05, 0) is 44.0 Å². The Hall–Kier alpha value is -1.39. The first-order valence-electron chi connectivity index (χ1n) is 7.26. The summed E-state index contributed by atoms with van der Waals surface area (Å²) in [5, 5.41) is 3.39. The third kappa shape index (κ3) is 2.03. The van der Waals surface area contributed by atoms with Crippen molar-refractivity contribution < 1.29 is 9.53 Å². The minimum atomic E-state index is -0.155. The van der Waals surface area contributed by atoms with Crippen molar-refractivity contribution in [2.45, 2.75) is 37.8 Å².